The second kappa shape index (κ2) is 17.0. The summed E-state index contributed by atoms with van der Waals surface area (Å²) in [5.41, 5.74) is -0.260. The van der Waals surface area contributed by atoms with E-state index in [0.717, 1.165) is 12.8 Å². The van der Waals surface area contributed by atoms with Gasteiger partial charge in [0, 0.05) is 44.3 Å². The van der Waals surface area contributed by atoms with E-state index in [2.05, 4.69) is 36.6 Å². The van der Waals surface area contributed by atoms with Gasteiger partial charge in [0.05, 0.1) is 30.7 Å². The average molecular weight is 706 g/mol. The summed E-state index contributed by atoms with van der Waals surface area (Å²) in [7, 11) is 1.49. The first kappa shape index (κ1) is 38.4. The van der Waals surface area contributed by atoms with Crippen LogP contribution in [0.15, 0.2) is 48.9 Å². The first-order valence-electron chi connectivity index (χ1n) is 17.1. The van der Waals surface area contributed by atoms with Crippen molar-refractivity contribution in [3.8, 4) is 0 Å². The van der Waals surface area contributed by atoms with Gasteiger partial charge in [-0.2, -0.15) is 0 Å². The van der Waals surface area contributed by atoms with E-state index in [4.69, 9.17) is 0 Å². The van der Waals surface area contributed by atoms with Crippen molar-refractivity contribution < 1.29 is 33.6 Å². The number of aromatic nitrogens is 2. The Bertz CT molecular complexity index is 1600. The van der Waals surface area contributed by atoms with Gasteiger partial charge in [0.15, 0.2) is 0 Å². The number of amides is 7. The first-order chi connectivity index (χ1) is 24.2. The van der Waals surface area contributed by atoms with Crippen molar-refractivity contribution in [2.45, 2.75) is 77.5 Å². The standard InChI is InChI=1S/C35H47N9O7/c1-6-10-24(28(46)32(49)39-22-13-14-22)41-30(47)23-19-44(34(51)40-21-11-8-7-9-12-21)20-26(23)43(5)33(50)29(35(2,3)4)42-27(45)18-38-31(48)25-17-36-15-16-37-25/h7-9,11-12,15-17,22-24,26,29H,6,10,13-14,18-20H2,1-5H3,(H,38,48)(H,39,49)(H,40,51)(H,41,47)(H,42,45)/t23-,24+,26+,29-/m1/s1. The van der Waals surface area contributed by atoms with Crippen LogP contribution < -0.4 is 26.6 Å². The van der Waals surface area contributed by atoms with Gasteiger partial charge in [0.2, 0.25) is 23.5 Å². The number of hydrogen-bond donors (Lipinski definition) is 5. The molecule has 7 amide bonds. The average Bonchev–Trinajstić information content (AvgIpc) is 3.81. The molecule has 4 atom stereocenters. The van der Waals surface area contributed by atoms with Crippen LogP contribution >= 0.6 is 0 Å². The fourth-order valence-electron chi connectivity index (χ4n) is 5.70. The lowest BCUT2D eigenvalue weighted by Gasteiger charge is -2.37. The molecule has 1 aliphatic heterocycles. The molecule has 16 nitrogen and oxygen atoms in total. The molecular weight excluding hydrogens is 658 g/mol. The number of urea groups is 1. The monoisotopic (exact) mass is 705 g/mol. The van der Waals surface area contributed by atoms with Crippen molar-refractivity contribution in [2.75, 3.05) is 32.0 Å². The zero-order valence-corrected chi connectivity index (χ0v) is 29.6. The molecule has 1 saturated carbocycles. The largest absolute Gasteiger partial charge is 0.347 e. The highest BCUT2D eigenvalue weighted by Gasteiger charge is 2.46. The number of likely N-dealkylation sites (tertiary alicyclic amines) is 1. The van der Waals surface area contributed by atoms with Crippen LogP contribution in [0.4, 0.5) is 10.5 Å². The van der Waals surface area contributed by atoms with Crippen molar-refractivity contribution >= 4 is 47.0 Å². The highest BCUT2D eigenvalue weighted by molar-refractivity contribution is 6.38. The van der Waals surface area contributed by atoms with Gasteiger partial charge in [-0.05, 0) is 36.8 Å². The molecule has 2 fully saturated rings. The van der Waals surface area contributed by atoms with E-state index in [-0.39, 0.29) is 31.2 Å². The number of likely N-dealkylation sites (N-methyl/N-ethyl adjacent to an activating group) is 1. The Morgan fingerprint density at radius 2 is 1.69 bits per heavy atom. The highest BCUT2D eigenvalue weighted by atomic mass is 16.2. The zero-order chi connectivity index (χ0) is 37.3. The minimum atomic E-state index is -1.10. The van der Waals surface area contributed by atoms with Gasteiger partial charge < -0.3 is 36.4 Å². The number of carbonyl (C=O) groups is 7. The molecule has 2 heterocycles. The van der Waals surface area contributed by atoms with Gasteiger partial charge in [-0.1, -0.05) is 52.3 Å². The van der Waals surface area contributed by atoms with Gasteiger partial charge in [0.25, 0.3) is 11.8 Å². The summed E-state index contributed by atoms with van der Waals surface area (Å²) in [6.45, 7) is 6.53. The number of para-hydroxylation sites is 1. The summed E-state index contributed by atoms with van der Waals surface area (Å²) >= 11 is 0. The number of carbonyl (C=O) groups excluding carboxylic acids is 7. The molecule has 1 saturated heterocycles. The second-order valence-corrected chi connectivity index (χ2v) is 13.9. The van der Waals surface area contributed by atoms with Crippen molar-refractivity contribution in [3.05, 3.63) is 54.6 Å². The lowest BCUT2D eigenvalue weighted by Crippen LogP contribution is -2.59. The molecule has 5 N–H and O–H groups in total. The number of ketones is 1. The fraction of sp³-hybridized carbons (Fsp3) is 0.514. The molecule has 0 spiro atoms. The molecule has 4 rings (SSSR count). The van der Waals surface area contributed by atoms with Crippen LogP contribution in [0.5, 0.6) is 0 Å². The number of benzene rings is 1. The maximum Gasteiger partial charge on any atom is 0.321 e. The Morgan fingerprint density at radius 1 is 0.980 bits per heavy atom. The van der Waals surface area contributed by atoms with E-state index in [1.807, 2.05) is 6.92 Å². The summed E-state index contributed by atoms with van der Waals surface area (Å²) in [5.74, 6) is -4.88. The number of hydrogen-bond acceptors (Lipinski definition) is 9. The van der Waals surface area contributed by atoms with E-state index >= 15 is 0 Å². The number of nitrogens with one attached hydrogen (secondary N) is 5. The lowest BCUT2D eigenvalue weighted by molar-refractivity contribution is -0.142. The van der Waals surface area contributed by atoms with Gasteiger partial charge in [0.1, 0.15) is 11.7 Å². The summed E-state index contributed by atoms with van der Waals surface area (Å²) in [5, 5.41) is 13.4. The minimum absolute atomic E-state index is 0.0197. The molecule has 51 heavy (non-hydrogen) atoms. The molecular formula is C35H47N9O7. The molecule has 16 heteroatoms. The minimum Gasteiger partial charge on any atom is -0.347 e. The van der Waals surface area contributed by atoms with Gasteiger partial charge in [-0.15, -0.1) is 0 Å². The molecule has 0 bridgehead atoms. The highest BCUT2D eigenvalue weighted by Crippen LogP contribution is 2.27. The van der Waals surface area contributed by atoms with Crippen LogP contribution in [0.3, 0.4) is 0 Å². The molecule has 274 valence electrons. The molecule has 2 aliphatic rings. The predicted molar refractivity (Wildman–Crippen MR) is 186 cm³/mol. The summed E-state index contributed by atoms with van der Waals surface area (Å²) in [4.78, 5) is 103. The van der Waals surface area contributed by atoms with E-state index in [1.165, 1.54) is 35.4 Å². The van der Waals surface area contributed by atoms with Crippen molar-refractivity contribution in [1.82, 2.24) is 41.0 Å². The molecule has 2 aromatic rings. The van der Waals surface area contributed by atoms with E-state index in [1.54, 1.807) is 51.1 Å². The van der Waals surface area contributed by atoms with Crippen LogP contribution in [-0.2, 0) is 24.0 Å². The molecule has 0 radical (unpaired) electrons. The van der Waals surface area contributed by atoms with Crippen LogP contribution in [-0.4, -0.2) is 112 Å². The Morgan fingerprint density at radius 3 is 2.29 bits per heavy atom. The Kier molecular flexibility index (Phi) is 12.8. The number of Topliss-reactive ketones (excluding diaryl/α,β-unsaturated/α-hetero) is 1. The number of rotatable bonds is 14. The Labute approximate surface area is 296 Å². The third kappa shape index (κ3) is 10.5. The van der Waals surface area contributed by atoms with Crippen molar-refractivity contribution in [2.24, 2.45) is 11.3 Å². The third-order valence-electron chi connectivity index (χ3n) is 8.75. The maximum absolute atomic E-state index is 14.2. The van der Waals surface area contributed by atoms with E-state index in [0.29, 0.717) is 12.1 Å². The summed E-state index contributed by atoms with van der Waals surface area (Å²) in [6, 6.07) is 5.17. The molecule has 1 aliphatic carbocycles. The molecule has 1 aromatic heterocycles. The van der Waals surface area contributed by atoms with Crippen molar-refractivity contribution in [3.63, 3.8) is 0 Å². The smallest absolute Gasteiger partial charge is 0.321 e. The third-order valence-corrected chi connectivity index (χ3v) is 8.75. The van der Waals surface area contributed by atoms with Crippen LogP contribution in [0, 0.1) is 11.3 Å². The number of anilines is 1. The summed E-state index contributed by atoms with van der Waals surface area (Å²) in [6.07, 6.45) is 6.33. The van der Waals surface area contributed by atoms with Gasteiger partial charge in [-0.3, -0.25) is 33.8 Å². The van der Waals surface area contributed by atoms with Crippen LogP contribution in [0.1, 0.15) is 63.9 Å². The fourth-order valence-corrected chi connectivity index (χ4v) is 5.70. The molecule has 0 unspecified atom stereocenters. The SMILES string of the molecule is CCC[C@H](NC(=O)[C@@H]1CN(C(=O)Nc2ccccc2)C[C@@H]1N(C)C(=O)[C@@H](NC(=O)CNC(=O)c1cnccn1)C(C)(C)C)C(=O)C(=O)NC1CC1. The normalized spacial score (nSPS) is 18.1. The Balaban J connectivity index is 1.52. The van der Waals surface area contributed by atoms with Gasteiger partial charge >= 0.3 is 6.03 Å². The lowest BCUT2D eigenvalue weighted by atomic mass is 9.85. The quantitative estimate of drug-likeness (QED) is 0.176. The first-order valence-corrected chi connectivity index (χ1v) is 17.1. The second-order valence-electron chi connectivity index (χ2n) is 13.9. The zero-order valence-electron chi connectivity index (χ0n) is 29.6. The number of nitrogens with zero attached hydrogens (tertiary/aromatic N) is 4. The van der Waals surface area contributed by atoms with Crippen molar-refractivity contribution in [1.29, 1.82) is 0 Å². The predicted octanol–water partition coefficient (Wildman–Crippen LogP) is 0.861. The van der Waals surface area contributed by atoms with Crippen LogP contribution in [0.2, 0.25) is 0 Å². The van der Waals surface area contributed by atoms with Gasteiger partial charge in [-0.25, -0.2) is 9.78 Å². The topological polar surface area (TPSA) is 212 Å². The maximum atomic E-state index is 14.2. The van der Waals surface area contributed by atoms with E-state index < -0.39 is 77.4 Å². The summed E-state index contributed by atoms with van der Waals surface area (Å²) < 4.78 is 0. The Hall–Kier alpha value is -5.41. The molecule has 1 aromatic carbocycles. The van der Waals surface area contributed by atoms with E-state index in [9.17, 15) is 33.6 Å². The van der Waals surface area contributed by atoms with Crippen LogP contribution in [0.25, 0.3) is 0 Å².